The van der Waals surface area contributed by atoms with Crippen LogP contribution in [0.25, 0.3) is 11.1 Å². The molecule has 3 aromatic rings. The van der Waals surface area contributed by atoms with Crippen LogP contribution in [0.3, 0.4) is 0 Å². The lowest BCUT2D eigenvalue weighted by atomic mass is 9.94. The van der Waals surface area contributed by atoms with Gasteiger partial charge in [0.2, 0.25) is 0 Å². The summed E-state index contributed by atoms with van der Waals surface area (Å²) in [5.74, 6) is -0.807. The van der Waals surface area contributed by atoms with Crippen LogP contribution in [0.5, 0.6) is 5.75 Å². The molecule has 0 aliphatic carbocycles. The smallest absolute Gasteiger partial charge is 0.410 e. The van der Waals surface area contributed by atoms with Crippen molar-refractivity contribution in [1.29, 1.82) is 0 Å². The summed E-state index contributed by atoms with van der Waals surface area (Å²) in [5, 5.41) is 9.14. The molecule has 1 N–H and O–H groups in total. The molecule has 0 fully saturated rings. The Bertz CT molecular complexity index is 1160. The Morgan fingerprint density at radius 2 is 1.72 bits per heavy atom. The molecule has 1 aliphatic rings. The molecule has 0 unspecified atom stereocenters. The molecule has 0 atom stereocenters. The van der Waals surface area contributed by atoms with Crippen molar-refractivity contribution in [2.24, 2.45) is 0 Å². The summed E-state index contributed by atoms with van der Waals surface area (Å²) in [5.41, 5.74) is 3.90. The quantitative estimate of drug-likeness (QED) is 0.603. The minimum atomic E-state index is -0.946. The third-order valence-electron chi connectivity index (χ3n) is 5.44. The van der Waals surface area contributed by atoms with Crippen molar-refractivity contribution in [2.45, 2.75) is 26.1 Å². The molecule has 0 radical (unpaired) electrons. The number of methoxy groups -OCH3 is 1. The van der Waals surface area contributed by atoms with Crippen LogP contribution in [0.15, 0.2) is 60.7 Å². The second-order valence-corrected chi connectivity index (χ2v) is 7.55. The van der Waals surface area contributed by atoms with Crippen molar-refractivity contribution in [3.63, 3.8) is 0 Å². The third kappa shape index (κ3) is 4.42. The van der Waals surface area contributed by atoms with E-state index in [-0.39, 0.29) is 26.1 Å². The fraction of sp³-hybridized carbons (Fsp3) is 0.200. The fourth-order valence-electron chi connectivity index (χ4n) is 3.90. The van der Waals surface area contributed by atoms with E-state index in [9.17, 15) is 14.0 Å². The lowest BCUT2D eigenvalue weighted by molar-refractivity contribution is -0.136. The number of ether oxygens (including phenoxy) is 2. The van der Waals surface area contributed by atoms with E-state index < -0.39 is 17.9 Å². The average Bonchev–Trinajstić information content (AvgIpc) is 3.25. The molecule has 164 valence electrons. The number of aliphatic carboxylic acids is 1. The van der Waals surface area contributed by atoms with Gasteiger partial charge in [0.1, 0.15) is 18.2 Å². The van der Waals surface area contributed by atoms with Crippen LogP contribution in [0.2, 0.25) is 0 Å². The Hall–Kier alpha value is -3.87. The summed E-state index contributed by atoms with van der Waals surface area (Å²) in [6, 6.07) is 17.4. The van der Waals surface area contributed by atoms with Gasteiger partial charge in [-0.05, 0) is 40.5 Å². The van der Waals surface area contributed by atoms with E-state index in [1.165, 1.54) is 18.1 Å². The molecular formula is C25H22FNO5. The highest BCUT2D eigenvalue weighted by molar-refractivity contribution is 5.79. The number of fused-ring (bicyclic) bond motifs is 1. The predicted octanol–water partition coefficient (Wildman–Crippen LogP) is 4.78. The number of hydrogen-bond acceptors (Lipinski definition) is 4. The first-order chi connectivity index (χ1) is 15.5. The van der Waals surface area contributed by atoms with Crippen molar-refractivity contribution in [2.75, 3.05) is 7.11 Å². The summed E-state index contributed by atoms with van der Waals surface area (Å²) in [6.45, 7) is 0.412. The predicted molar refractivity (Wildman–Crippen MR) is 116 cm³/mol. The summed E-state index contributed by atoms with van der Waals surface area (Å²) >= 11 is 0. The van der Waals surface area contributed by atoms with E-state index in [2.05, 4.69) is 0 Å². The van der Waals surface area contributed by atoms with Gasteiger partial charge in [-0.1, -0.05) is 42.5 Å². The zero-order valence-corrected chi connectivity index (χ0v) is 17.5. The second-order valence-electron chi connectivity index (χ2n) is 7.55. The summed E-state index contributed by atoms with van der Waals surface area (Å²) in [6.07, 6.45) is -0.666. The number of carboxylic acid groups (broad SMARTS) is 1. The minimum absolute atomic E-state index is 0.0970. The first kappa shape index (κ1) is 21.4. The summed E-state index contributed by atoms with van der Waals surface area (Å²) in [7, 11) is 1.52. The maximum absolute atomic E-state index is 14.6. The third-order valence-corrected chi connectivity index (χ3v) is 5.44. The van der Waals surface area contributed by atoms with Crippen LogP contribution in [-0.4, -0.2) is 29.2 Å². The molecule has 0 bridgehead atoms. The molecule has 32 heavy (non-hydrogen) atoms. The number of nitrogens with zero attached hydrogens (tertiary/aromatic N) is 1. The lowest BCUT2D eigenvalue weighted by Crippen LogP contribution is -2.26. The molecule has 4 rings (SSSR count). The van der Waals surface area contributed by atoms with E-state index in [1.54, 1.807) is 24.3 Å². The topological polar surface area (TPSA) is 76.1 Å². The van der Waals surface area contributed by atoms with E-state index in [1.807, 2.05) is 30.3 Å². The van der Waals surface area contributed by atoms with Gasteiger partial charge in [0.25, 0.3) is 0 Å². The van der Waals surface area contributed by atoms with E-state index >= 15 is 0 Å². The Morgan fingerprint density at radius 1 is 0.969 bits per heavy atom. The normalized spacial score (nSPS) is 12.4. The Kier molecular flexibility index (Phi) is 6.07. The molecule has 1 amide bonds. The van der Waals surface area contributed by atoms with Gasteiger partial charge in [-0.2, -0.15) is 0 Å². The molecule has 0 saturated carbocycles. The molecule has 1 heterocycles. The number of amides is 1. The Morgan fingerprint density at radius 3 is 2.44 bits per heavy atom. The Labute approximate surface area is 184 Å². The van der Waals surface area contributed by atoms with Gasteiger partial charge in [-0.3, -0.25) is 9.69 Å². The van der Waals surface area contributed by atoms with Crippen molar-refractivity contribution >= 4 is 12.1 Å². The zero-order valence-electron chi connectivity index (χ0n) is 17.5. The maximum atomic E-state index is 14.6. The van der Waals surface area contributed by atoms with Crippen molar-refractivity contribution in [3.05, 3.63) is 88.7 Å². The number of benzene rings is 3. The molecule has 0 saturated heterocycles. The maximum Gasteiger partial charge on any atom is 0.410 e. The van der Waals surface area contributed by atoms with Gasteiger partial charge >= 0.3 is 12.1 Å². The highest BCUT2D eigenvalue weighted by Gasteiger charge is 2.30. The summed E-state index contributed by atoms with van der Waals surface area (Å²) in [4.78, 5) is 25.2. The van der Waals surface area contributed by atoms with Crippen LogP contribution < -0.4 is 4.74 Å². The van der Waals surface area contributed by atoms with Gasteiger partial charge in [0.15, 0.2) is 0 Å². The minimum Gasteiger partial charge on any atom is -0.496 e. The fourth-order valence-corrected chi connectivity index (χ4v) is 3.90. The number of hydrogen-bond donors (Lipinski definition) is 1. The van der Waals surface area contributed by atoms with Crippen LogP contribution in [0, 0.1) is 5.82 Å². The molecule has 6 nitrogen and oxygen atoms in total. The van der Waals surface area contributed by atoms with Crippen molar-refractivity contribution < 1.29 is 28.6 Å². The van der Waals surface area contributed by atoms with Gasteiger partial charge in [0.05, 0.1) is 26.6 Å². The van der Waals surface area contributed by atoms with Crippen LogP contribution >= 0.6 is 0 Å². The first-order valence-corrected chi connectivity index (χ1v) is 10.1. The highest BCUT2D eigenvalue weighted by Crippen LogP contribution is 2.39. The number of halogens is 1. The highest BCUT2D eigenvalue weighted by atomic mass is 19.1. The van der Waals surface area contributed by atoms with Crippen LogP contribution in [-0.2, 0) is 35.6 Å². The number of rotatable bonds is 6. The molecular weight excluding hydrogens is 413 g/mol. The van der Waals surface area contributed by atoms with Gasteiger partial charge in [-0.25, -0.2) is 9.18 Å². The summed E-state index contributed by atoms with van der Waals surface area (Å²) < 4.78 is 25.5. The van der Waals surface area contributed by atoms with Crippen molar-refractivity contribution in [1.82, 2.24) is 4.90 Å². The SMILES string of the molecule is COc1ccc(CC(=O)O)cc1-c1ccc(F)c2c1CN(C(=O)OCc1ccccc1)C2. The van der Waals surface area contributed by atoms with Crippen molar-refractivity contribution in [3.8, 4) is 16.9 Å². The largest absolute Gasteiger partial charge is 0.496 e. The van der Waals surface area contributed by atoms with E-state index in [0.717, 1.165) is 5.56 Å². The number of carbonyl (C=O) groups excluding carboxylic acids is 1. The molecule has 0 spiro atoms. The van der Waals surface area contributed by atoms with Crippen LogP contribution in [0.4, 0.5) is 9.18 Å². The monoisotopic (exact) mass is 435 g/mol. The molecule has 3 aromatic carbocycles. The first-order valence-electron chi connectivity index (χ1n) is 10.1. The zero-order chi connectivity index (χ0) is 22.7. The standard InChI is InChI=1S/C25H22FNO5/c1-31-23-10-7-17(12-24(28)29)11-19(23)18-8-9-22(26)21-14-27(13-20(18)21)25(30)32-15-16-5-3-2-4-6-16/h2-11H,12-15H2,1H3,(H,28,29). The lowest BCUT2D eigenvalue weighted by Gasteiger charge is -2.16. The van der Waals surface area contributed by atoms with Gasteiger partial charge in [0, 0.05) is 11.1 Å². The molecule has 1 aliphatic heterocycles. The second kappa shape index (κ2) is 9.09. The number of carboxylic acids is 1. The van der Waals surface area contributed by atoms with Gasteiger partial charge < -0.3 is 14.6 Å². The molecule has 0 aromatic heterocycles. The average molecular weight is 435 g/mol. The van der Waals surface area contributed by atoms with E-state index in [4.69, 9.17) is 14.6 Å². The molecule has 7 heteroatoms. The van der Waals surface area contributed by atoms with Crippen LogP contribution in [0.1, 0.15) is 22.3 Å². The van der Waals surface area contributed by atoms with Gasteiger partial charge in [-0.15, -0.1) is 0 Å². The number of carbonyl (C=O) groups is 2. The Balaban J connectivity index is 1.61. The van der Waals surface area contributed by atoms with E-state index in [0.29, 0.717) is 33.6 Å².